The second-order valence-electron chi connectivity index (χ2n) is 5.05. The number of carbonyl (C=O) groups is 2. The number of anilines is 1. The van der Waals surface area contributed by atoms with E-state index in [2.05, 4.69) is 10.3 Å². The van der Waals surface area contributed by atoms with E-state index in [4.69, 9.17) is 16.3 Å². The molecule has 5 nitrogen and oxygen atoms in total. The first-order chi connectivity index (χ1) is 11.4. The van der Waals surface area contributed by atoms with Crippen LogP contribution in [-0.2, 0) is 0 Å². The molecule has 0 spiro atoms. The van der Waals surface area contributed by atoms with Crippen LogP contribution in [0.1, 0.15) is 32.0 Å². The second-order valence-corrected chi connectivity index (χ2v) is 7.48. The minimum Gasteiger partial charge on any atom is -0.497 e. The first-order valence-electron chi connectivity index (χ1n) is 6.96. The summed E-state index contributed by atoms with van der Waals surface area (Å²) in [5, 5.41) is 4.25. The smallest absolute Gasteiger partial charge is 0.269 e. The van der Waals surface area contributed by atoms with Crippen LogP contribution in [0.5, 0.6) is 5.75 Å². The zero-order chi connectivity index (χ0) is 17.4. The molecule has 1 amide bonds. The number of Topliss-reactive ketones (excluding diaryl/α,β-unsaturated/α-hetero) is 1. The number of hydrogen-bond donors (Lipinski definition) is 1. The molecule has 0 aliphatic rings. The van der Waals surface area contributed by atoms with Crippen LogP contribution in [0.15, 0.2) is 18.2 Å². The van der Waals surface area contributed by atoms with E-state index in [1.807, 2.05) is 12.1 Å². The number of nitrogens with one attached hydrogen (secondary N) is 1. The summed E-state index contributed by atoms with van der Waals surface area (Å²) in [5.41, 5.74) is 0.606. The number of carbonyl (C=O) groups excluding carboxylic acids is 2. The summed E-state index contributed by atoms with van der Waals surface area (Å²) >= 11 is 8.81. The van der Waals surface area contributed by atoms with Crippen LogP contribution in [0.2, 0.25) is 5.02 Å². The van der Waals surface area contributed by atoms with E-state index in [0.29, 0.717) is 31.4 Å². The lowest BCUT2D eigenvalue weighted by Gasteiger charge is -1.99. The van der Waals surface area contributed by atoms with E-state index in [1.54, 1.807) is 20.1 Å². The molecule has 1 aromatic carbocycles. The number of nitrogens with zero attached hydrogens (tertiary/aromatic N) is 1. The summed E-state index contributed by atoms with van der Waals surface area (Å²) in [4.78, 5) is 29.2. The van der Waals surface area contributed by atoms with Gasteiger partial charge in [0.25, 0.3) is 5.91 Å². The number of methoxy groups -OCH3 is 1. The van der Waals surface area contributed by atoms with Crippen molar-refractivity contribution in [2.45, 2.75) is 13.8 Å². The fourth-order valence-electron chi connectivity index (χ4n) is 2.25. The van der Waals surface area contributed by atoms with Gasteiger partial charge in [0.15, 0.2) is 10.9 Å². The summed E-state index contributed by atoms with van der Waals surface area (Å²) in [5.74, 6) is 0.261. The highest BCUT2D eigenvalue weighted by Crippen LogP contribution is 2.38. The van der Waals surface area contributed by atoms with Crippen LogP contribution in [0.25, 0.3) is 10.1 Å². The zero-order valence-electron chi connectivity index (χ0n) is 13.1. The fourth-order valence-corrected chi connectivity index (χ4v) is 4.49. The SMILES string of the molecule is COc1ccc2sc(C(=O)Nc3nc(C)c(C(C)=O)s3)c(Cl)c2c1. The van der Waals surface area contributed by atoms with Crippen LogP contribution >= 0.6 is 34.3 Å². The quantitative estimate of drug-likeness (QED) is 0.661. The van der Waals surface area contributed by atoms with Crippen molar-refractivity contribution in [2.24, 2.45) is 0 Å². The minimum absolute atomic E-state index is 0.0718. The monoisotopic (exact) mass is 380 g/mol. The number of benzene rings is 1. The molecule has 0 saturated heterocycles. The predicted molar refractivity (Wildman–Crippen MR) is 98.2 cm³/mol. The number of ether oxygens (including phenoxy) is 1. The van der Waals surface area contributed by atoms with Gasteiger partial charge in [-0.1, -0.05) is 22.9 Å². The maximum Gasteiger partial charge on any atom is 0.269 e. The highest BCUT2D eigenvalue weighted by atomic mass is 35.5. The molecular formula is C16H13ClN2O3S2. The zero-order valence-corrected chi connectivity index (χ0v) is 15.5. The van der Waals surface area contributed by atoms with Crippen molar-refractivity contribution in [3.05, 3.63) is 38.7 Å². The maximum absolute atomic E-state index is 12.5. The summed E-state index contributed by atoms with van der Waals surface area (Å²) < 4.78 is 6.08. The van der Waals surface area contributed by atoms with Gasteiger partial charge >= 0.3 is 0 Å². The molecular weight excluding hydrogens is 368 g/mol. The van der Waals surface area contributed by atoms with Crippen molar-refractivity contribution in [3.63, 3.8) is 0 Å². The number of thiazole rings is 1. The molecule has 1 N–H and O–H groups in total. The lowest BCUT2D eigenvalue weighted by Crippen LogP contribution is -2.10. The normalized spacial score (nSPS) is 10.8. The van der Waals surface area contributed by atoms with Crippen LogP contribution < -0.4 is 10.1 Å². The van der Waals surface area contributed by atoms with E-state index in [9.17, 15) is 9.59 Å². The molecule has 2 heterocycles. The van der Waals surface area contributed by atoms with Crippen molar-refractivity contribution < 1.29 is 14.3 Å². The Hall–Kier alpha value is -1.96. The van der Waals surface area contributed by atoms with E-state index in [0.717, 1.165) is 21.4 Å². The molecule has 0 unspecified atom stereocenters. The van der Waals surface area contributed by atoms with Gasteiger partial charge in [-0.3, -0.25) is 14.9 Å². The Morgan fingerprint density at radius 2 is 2.00 bits per heavy atom. The Bertz CT molecular complexity index is 962. The molecule has 2 aromatic heterocycles. The van der Waals surface area contributed by atoms with E-state index in [-0.39, 0.29) is 11.7 Å². The third kappa shape index (κ3) is 3.02. The Morgan fingerprint density at radius 3 is 2.62 bits per heavy atom. The van der Waals surface area contributed by atoms with Gasteiger partial charge in [0, 0.05) is 17.0 Å². The Kier molecular flexibility index (Phi) is 4.58. The van der Waals surface area contributed by atoms with Crippen molar-refractivity contribution in [1.29, 1.82) is 0 Å². The summed E-state index contributed by atoms with van der Waals surface area (Å²) in [6, 6.07) is 5.48. The standard InChI is InChI=1S/C16H13ClN2O3S2/c1-7-13(8(2)20)24-16(18-7)19-15(21)14-12(17)10-6-9(22-3)4-5-11(10)23-14/h4-6H,1-3H3,(H,18,19,21). The van der Waals surface area contributed by atoms with Crippen molar-refractivity contribution in [3.8, 4) is 5.75 Å². The lowest BCUT2D eigenvalue weighted by atomic mass is 10.2. The molecule has 0 bridgehead atoms. The summed E-state index contributed by atoms with van der Waals surface area (Å²) in [6.45, 7) is 3.21. The molecule has 3 aromatic rings. The van der Waals surface area contributed by atoms with Gasteiger partial charge in [-0.2, -0.15) is 0 Å². The predicted octanol–water partition coefficient (Wildman–Crippen LogP) is 4.78. The summed E-state index contributed by atoms with van der Waals surface area (Å²) in [7, 11) is 1.58. The molecule has 0 saturated carbocycles. The second kappa shape index (κ2) is 6.51. The molecule has 0 radical (unpaired) electrons. The third-order valence-electron chi connectivity index (χ3n) is 3.38. The number of aryl methyl sites for hydroxylation is 1. The van der Waals surface area contributed by atoms with Gasteiger partial charge < -0.3 is 4.74 Å². The fraction of sp³-hybridized carbons (Fsp3) is 0.188. The highest BCUT2D eigenvalue weighted by molar-refractivity contribution is 7.22. The van der Waals surface area contributed by atoms with E-state index >= 15 is 0 Å². The van der Waals surface area contributed by atoms with E-state index < -0.39 is 0 Å². The number of hydrogen-bond acceptors (Lipinski definition) is 6. The first kappa shape index (κ1) is 16.9. The van der Waals surface area contributed by atoms with Crippen LogP contribution in [0.3, 0.4) is 0 Å². The number of fused-ring (bicyclic) bond motifs is 1. The van der Waals surface area contributed by atoms with Crippen LogP contribution in [0.4, 0.5) is 5.13 Å². The molecule has 3 rings (SSSR count). The van der Waals surface area contributed by atoms with Gasteiger partial charge in [-0.15, -0.1) is 11.3 Å². The van der Waals surface area contributed by atoms with Crippen LogP contribution in [-0.4, -0.2) is 23.8 Å². The van der Waals surface area contributed by atoms with Crippen molar-refractivity contribution in [2.75, 3.05) is 12.4 Å². The van der Waals surface area contributed by atoms with Crippen LogP contribution in [0, 0.1) is 6.92 Å². The number of rotatable bonds is 4. The Balaban J connectivity index is 1.92. The third-order valence-corrected chi connectivity index (χ3v) is 6.23. The molecule has 0 aliphatic carbocycles. The molecule has 0 atom stereocenters. The van der Waals surface area contributed by atoms with E-state index in [1.165, 1.54) is 18.3 Å². The minimum atomic E-state index is -0.344. The van der Waals surface area contributed by atoms with Gasteiger partial charge in [-0.05, 0) is 25.1 Å². The number of halogens is 1. The average Bonchev–Trinajstić information content (AvgIpc) is 3.07. The van der Waals surface area contributed by atoms with Gasteiger partial charge in [0.2, 0.25) is 0 Å². The maximum atomic E-state index is 12.5. The number of amides is 1. The Morgan fingerprint density at radius 1 is 1.25 bits per heavy atom. The number of aromatic nitrogens is 1. The topological polar surface area (TPSA) is 68.3 Å². The highest BCUT2D eigenvalue weighted by Gasteiger charge is 2.20. The summed E-state index contributed by atoms with van der Waals surface area (Å²) in [6.07, 6.45) is 0. The molecule has 0 fully saturated rings. The molecule has 24 heavy (non-hydrogen) atoms. The van der Waals surface area contributed by atoms with Gasteiger partial charge in [-0.25, -0.2) is 4.98 Å². The molecule has 0 aliphatic heterocycles. The molecule has 124 valence electrons. The number of thiophene rings is 1. The number of ketones is 1. The van der Waals surface area contributed by atoms with Crippen molar-refractivity contribution in [1.82, 2.24) is 4.98 Å². The van der Waals surface area contributed by atoms with Crippen molar-refractivity contribution >= 4 is 61.2 Å². The van der Waals surface area contributed by atoms with Gasteiger partial charge in [0.05, 0.1) is 22.7 Å². The average molecular weight is 381 g/mol. The lowest BCUT2D eigenvalue weighted by molar-refractivity contribution is 0.101. The van der Waals surface area contributed by atoms with Gasteiger partial charge in [0.1, 0.15) is 10.6 Å². The first-order valence-corrected chi connectivity index (χ1v) is 8.97. The Labute approximate surface area is 151 Å². The largest absolute Gasteiger partial charge is 0.497 e. The molecule has 8 heteroatoms.